The van der Waals surface area contributed by atoms with Crippen LogP contribution in [-0.4, -0.2) is 15.7 Å². The first-order chi connectivity index (χ1) is 7.58. The van der Waals surface area contributed by atoms with Gasteiger partial charge in [-0.3, -0.25) is 0 Å². The molecule has 0 N–H and O–H groups in total. The van der Waals surface area contributed by atoms with E-state index in [1.54, 1.807) is 0 Å². The fourth-order valence-corrected chi connectivity index (χ4v) is 2.32. The highest BCUT2D eigenvalue weighted by molar-refractivity contribution is 5.13. The smallest absolute Gasteiger partial charge is 0.105 e. The van der Waals surface area contributed by atoms with E-state index in [0.29, 0.717) is 6.54 Å². The molecule has 0 heterocycles. The van der Waals surface area contributed by atoms with Crippen molar-refractivity contribution >= 4 is 0 Å². The normalized spacial score (nSPS) is 13.8. The van der Waals surface area contributed by atoms with Crippen molar-refractivity contribution in [1.29, 1.82) is 0 Å². The monoisotopic (exact) mass is 235 g/mol. The maximum atomic E-state index is 13.3. The highest BCUT2D eigenvalue weighted by Crippen LogP contribution is 2.36. The van der Waals surface area contributed by atoms with Gasteiger partial charge in [-0.05, 0) is 41.5 Å². The Bertz CT molecular complexity index is 343. The van der Waals surface area contributed by atoms with E-state index in [2.05, 4.69) is 0 Å². The third-order valence-electron chi connectivity index (χ3n) is 3.42. The zero-order valence-electron chi connectivity index (χ0n) is 11.9. The van der Waals surface area contributed by atoms with Gasteiger partial charge in [0.2, 0.25) is 0 Å². The summed E-state index contributed by atoms with van der Waals surface area (Å²) in [6.07, 6.45) is 0. The summed E-state index contributed by atoms with van der Waals surface area (Å²) in [6, 6.07) is 10.0. The van der Waals surface area contributed by atoms with Gasteiger partial charge in [-0.1, -0.05) is 30.3 Å². The third-order valence-corrected chi connectivity index (χ3v) is 3.42. The van der Waals surface area contributed by atoms with Crippen molar-refractivity contribution in [1.82, 2.24) is 0 Å². The Balaban J connectivity index is 3.11. The zero-order valence-corrected chi connectivity index (χ0v) is 11.9. The summed E-state index contributed by atoms with van der Waals surface area (Å²) in [5, 5.41) is 13.3. The fourth-order valence-electron chi connectivity index (χ4n) is 2.32. The Morgan fingerprint density at radius 1 is 0.882 bits per heavy atom. The third kappa shape index (κ3) is 2.88. The summed E-state index contributed by atoms with van der Waals surface area (Å²) >= 11 is 0. The maximum Gasteiger partial charge on any atom is 0.105 e. The molecule has 0 spiro atoms. The Hall–Kier alpha value is -0.860. The minimum Gasteiger partial charge on any atom is -0.632 e. The van der Waals surface area contributed by atoms with Gasteiger partial charge in [-0.2, -0.15) is 0 Å². The molecule has 2 heteroatoms. The van der Waals surface area contributed by atoms with E-state index >= 15 is 0 Å². The SMILES string of the molecule is CC(C)(C)[N+]([O-])(Cc1ccccc1)C(C)(C)C. The van der Waals surface area contributed by atoms with E-state index in [1.165, 1.54) is 0 Å². The summed E-state index contributed by atoms with van der Waals surface area (Å²) in [5.74, 6) is 0. The fraction of sp³-hybridized carbons (Fsp3) is 0.600. The van der Waals surface area contributed by atoms with E-state index in [1.807, 2.05) is 71.9 Å². The first-order valence-corrected chi connectivity index (χ1v) is 6.21. The molecule has 0 amide bonds. The maximum absolute atomic E-state index is 13.3. The molecule has 17 heavy (non-hydrogen) atoms. The van der Waals surface area contributed by atoms with E-state index in [0.717, 1.165) is 5.56 Å². The van der Waals surface area contributed by atoms with Gasteiger partial charge in [0.05, 0.1) is 11.1 Å². The summed E-state index contributed by atoms with van der Waals surface area (Å²) < 4.78 is -0.218. The second-order valence-electron chi connectivity index (χ2n) is 6.73. The van der Waals surface area contributed by atoms with Crippen molar-refractivity contribution < 1.29 is 4.65 Å². The standard InChI is InChI=1S/C15H25NO/c1-14(2,3)16(17,15(4,5)6)12-13-10-8-7-9-11-13/h7-11H,12H2,1-6H3. The Morgan fingerprint density at radius 3 is 1.65 bits per heavy atom. The molecule has 0 atom stereocenters. The average molecular weight is 235 g/mol. The molecule has 0 saturated carbocycles. The Labute approximate surface area is 105 Å². The molecule has 96 valence electrons. The van der Waals surface area contributed by atoms with Crippen LogP contribution >= 0.6 is 0 Å². The van der Waals surface area contributed by atoms with Crippen molar-refractivity contribution in [3.8, 4) is 0 Å². The molecular weight excluding hydrogens is 210 g/mol. The van der Waals surface area contributed by atoms with Crippen molar-refractivity contribution in [3.63, 3.8) is 0 Å². The van der Waals surface area contributed by atoms with E-state index < -0.39 is 0 Å². The number of hydroxylamine groups is 3. The van der Waals surface area contributed by atoms with Gasteiger partial charge < -0.3 is 9.85 Å². The molecule has 2 nitrogen and oxygen atoms in total. The number of hydrogen-bond donors (Lipinski definition) is 0. The molecular formula is C15H25NO. The Kier molecular flexibility index (Phi) is 3.70. The van der Waals surface area contributed by atoms with Crippen molar-refractivity contribution in [2.75, 3.05) is 0 Å². The number of quaternary nitrogens is 1. The lowest BCUT2D eigenvalue weighted by molar-refractivity contribution is -0.980. The van der Waals surface area contributed by atoms with E-state index in [-0.39, 0.29) is 15.7 Å². The van der Waals surface area contributed by atoms with Crippen LogP contribution in [0.2, 0.25) is 0 Å². The lowest BCUT2D eigenvalue weighted by Crippen LogP contribution is -2.64. The van der Waals surface area contributed by atoms with Crippen LogP contribution in [0.15, 0.2) is 30.3 Å². The Morgan fingerprint density at radius 2 is 1.29 bits per heavy atom. The average Bonchev–Trinajstić information content (AvgIpc) is 2.15. The highest BCUT2D eigenvalue weighted by atomic mass is 16.6. The number of nitrogens with zero attached hydrogens (tertiary/aromatic N) is 1. The lowest BCUT2D eigenvalue weighted by Gasteiger charge is -2.60. The molecule has 0 bridgehead atoms. The van der Waals surface area contributed by atoms with Crippen molar-refractivity contribution in [2.45, 2.75) is 59.2 Å². The van der Waals surface area contributed by atoms with Gasteiger partial charge in [-0.25, -0.2) is 0 Å². The second-order valence-corrected chi connectivity index (χ2v) is 6.73. The molecule has 0 saturated heterocycles. The van der Waals surface area contributed by atoms with Gasteiger partial charge in [0, 0.05) is 5.56 Å². The molecule has 0 aliphatic heterocycles. The number of hydrogen-bond acceptors (Lipinski definition) is 1. The van der Waals surface area contributed by atoms with E-state index in [4.69, 9.17) is 0 Å². The van der Waals surface area contributed by atoms with Gasteiger partial charge in [0.15, 0.2) is 0 Å². The van der Waals surface area contributed by atoms with Crippen molar-refractivity contribution in [2.24, 2.45) is 0 Å². The molecule has 1 rings (SSSR count). The van der Waals surface area contributed by atoms with Gasteiger partial charge >= 0.3 is 0 Å². The summed E-state index contributed by atoms with van der Waals surface area (Å²) in [4.78, 5) is 0. The van der Waals surface area contributed by atoms with Crippen LogP contribution in [0, 0.1) is 5.21 Å². The first-order valence-electron chi connectivity index (χ1n) is 6.21. The minimum atomic E-state index is -0.325. The van der Waals surface area contributed by atoms with Crippen LogP contribution < -0.4 is 0 Å². The summed E-state index contributed by atoms with van der Waals surface area (Å²) in [6.45, 7) is 12.7. The predicted octanol–water partition coefficient (Wildman–Crippen LogP) is 4.10. The minimum absolute atomic E-state index is 0.218. The highest BCUT2D eigenvalue weighted by Gasteiger charge is 2.42. The van der Waals surface area contributed by atoms with Gasteiger partial charge in [0.1, 0.15) is 6.54 Å². The number of rotatable bonds is 2. The molecule has 1 aromatic rings. The van der Waals surface area contributed by atoms with Crippen molar-refractivity contribution in [3.05, 3.63) is 41.1 Å². The summed E-state index contributed by atoms with van der Waals surface area (Å²) in [7, 11) is 0. The first kappa shape index (κ1) is 14.2. The van der Waals surface area contributed by atoms with E-state index in [9.17, 15) is 5.21 Å². The number of benzene rings is 1. The summed E-state index contributed by atoms with van der Waals surface area (Å²) in [5.41, 5.74) is 0.453. The van der Waals surface area contributed by atoms with Crippen LogP contribution in [0.5, 0.6) is 0 Å². The van der Waals surface area contributed by atoms with Gasteiger partial charge in [-0.15, -0.1) is 0 Å². The van der Waals surface area contributed by atoms with Crippen LogP contribution in [0.1, 0.15) is 47.1 Å². The van der Waals surface area contributed by atoms with Crippen LogP contribution in [0.4, 0.5) is 0 Å². The lowest BCUT2D eigenvalue weighted by atomic mass is 9.93. The molecule has 0 unspecified atom stereocenters. The van der Waals surface area contributed by atoms with Crippen LogP contribution in [0.25, 0.3) is 0 Å². The molecule has 1 aromatic carbocycles. The molecule has 0 aliphatic carbocycles. The van der Waals surface area contributed by atoms with Crippen LogP contribution in [-0.2, 0) is 6.54 Å². The molecule has 0 fully saturated rings. The quantitative estimate of drug-likeness (QED) is 0.559. The molecule has 0 aliphatic rings. The van der Waals surface area contributed by atoms with Crippen LogP contribution in [0.3, 0.4) is 0 Å². The zero-order chi connectivity index (χ0) is 13.3. The topological polar surface area (TPSA) is 23.1 Å². The second kappa shape index (κ2) is 4.43. The molecule has 0 radical (unpaired) electrons. The largest absolute Gasteiger partial charge is 0.632 e. The molecule has 0 aromatic heterocycles. The van der Waals surface area contributed by atoms with Gasteiger partial charge in [0.25, 0.3) is 0 Å². The predicted molar refractivity (Wildman–Crippen MR) is 73.3 cm³/mol.